The Hall–Kier alpha value is -4.85. The lowest BCUT2D eigenvalue weighted by molar-refractivity contribution is 0.0611. The van der Waals surface area contributed by atoms with E-state index in [0.29, 0.717) is 60.2 Å². The monoisotopic (exact) mass is 521 g/mol. The minimum Gasteiger partial charge on any atom is -0.504 e. The zero-order valence-electron chi connectivity index (χ0n) is 21.2. The van der Waals surface area contributed by atoms with Crippen LogP contribution in [0.3, 0.4) is 0 Å². The van der Waals surface area contributed by atoms with Crippen molar-refractivity contribution in [1.29, 1.82) is 0 Å². The summed E-state index contributed by atoms with van der Waals surface area (Å²) in [5, 5.41) is 20.8. The number of amides is 3. The third-order valence-electron chi connectivity index (χ3n) is 7.56. The van der Waals surface area contributed by atoms with Crippen molar-refractivity contribution in [3.63, 3.8) is 0 Å². The first-order valence-electron chi connectivity index (χ1n) is 12.9. The van der Waals surface area contributed by atoms with Crippen LogP contribution in [0.1, 0.15) is 36.6 Å². The van der Waals surface area contributed by atoms with Gasteiger partial charge in [-0.1, -0.05) is 36.4 Å². The normalized spacial score (nSPS) is 15.2. The van der Waals surface area contributed by atoms with E-state index in [4.69, 9.17) is 0 Å². The molecule has 0 aliphatic carbocycles. The summed E-state index contributed by atoms with van der Waals surface area (Å²) >= 11 is 0. The summed E-state index contributed by atoms with van der Waals surface area (Å²) in [7, 11) is 0. The molecule has 4 aromatic rings. The highest BCUT2D eigenvalue weighted by atomic mass is 16.3. The van der Waals surface area contributed by atoms with Gasteiger partial charge in [-0.3, -0.25) is 19.3 Å². The molecule has 2 N–H and O–H groups in total. The van der Waals surface area contributed by atoms with Crippen molar-refractivity contribution in [2.24, 2.45) is 0 Å². The Bertz CT molecular complexity index is 1590. The molecule has 0 aromatic heterocycles. The van der Waals surface area contributed by atoms with Crippen LogP contribution in [-0.4, -0.2) is 70.5 Å². The number of piperazine rings is 1. The summed E-state index contributed by atoms with van der Waals surface area (Å²) < 4.78 is 0. The van der Waals surface area contributed by atoms with Gasteiger partial charge in [-0.15, -0.1) is 0 Å². The number of anilines is 1. The Kier molecular flexibility index (Phi) is 6.15. The fourth-order valence-corrected chi connectivity index (χ4v) is 5.49. The van der Waals surface area contributed by atoms with Gasteiger partial charge in [-0.2, -0.15) is 0 Å². The van der Waals surface area contributed by atoms with Gasteiger partial charge in [-0.05, 0) is 54.4 Å². The van der Waals surface area contributed by atoms with E-state index >= 15 is 0 Å². The summed E-state index contributed by atoms with van der Waals surface area (Å²) in [6.45, 7) is 2.59. The van der Waals surface area contributed by atoms with Crippen molar-refractivity contribution in [2.45, 2.75) is 6.42 Å². The van der Waals surface area contributed by atoms with E-state index in [1.165, 1.54) is 17.0 Å². The highest BCUT2D eigenvalue weighted by molar-refractivity contribution is 6.26. The number of rotatable bonds is 5. The zero-order chi connectivity index (χ0) is 27.1. The second-order valence-electron chi connectivity index (χ2n) is 9.84. The predicted molar refractivity (Wildman–Crippen MR) is 147 cm³/mol. The van der Waals surface area contributed by atoms with Crippen LogP contribution in [0, 0.1) is 0 Å². The lowest BCUT2D eigenvalue weighted by Gasteiger charge is -2.37. The van der Waals surface area contributed by atoms with E-state index < -0.39 is 0 Å². The number of phenolic OH excluding ortho intramolecular Hbond substituents is 2. The van der Waals surface area contributed by atoms with Crippen molar-refractivity contribution in [2.75, 3.05) is 37.6 Å². The summed E-state index contributed by atoms with van der Waals surface area (Å²) in [5.41, 5.74) is 3.29. The number of carbonyl (C=O) groups excluding carboxylic acids is 3. The number of imide groups is 1. The first kappa shape index (κ1) is 24.5. The fourth-order valence-electron chi connectivity index (χ4n) is 5.49. The number of carbonyl (C=O) groups is 3. The Morgan fingerprint density at radius 2 is 1.46 bits per heavy atom. The van der Waals surface area contributed by atoms with Gasteiger partial charge in [0.05, 0.1) is 0 Å². The molecule has 6 rings (SSSR count). The first-order valence-corrected chi connectivity index (χ1v) is 12.9. The highest BCUT2D eigenvalue weighted by Gasteiger charge is 2.34. The number of phenols is 2. The second kappa shape index (κ2) is 9.79. The lowest BCUT2D eigenvalue weighted by atomic mass is 9.92. The van der Waals surface area contributed by atoms with E-state index in [9.17, 15) is 24.6 Å². The third kappa shape index (κ3) is 4.33. The molecular weight excluding hydrogens is 494 g/mol. The number of hydrogen-bond acceptors (Lipinski definition) is 6. The minimum atomic E-state index is -0.350. The van der Waals surface area contributed by atoms with Crippen molar-refractivity contribution >= 4 is 34.2 Å². The van der Waals surface area contributed by atoms with Gasteiger partial charge in [0.1, 0.15) is 0 Å². The minimum absolute atomic E-state index is 0.0194. The van der Waals surface area contributed by atoms with Crippen molar-refractivity contribution in [3.8, 4) is 11.5 Å². The SMILES string of the molecule is O=C(c1ccccc1)N1CCN(c2ccc3c4c(cccc24)C(=O)N(CCc2ccc(O)c(O)c2)C3=O)CC1. The van der Waals surface area contributed by atoms with E-state index in [-0.39, 0.29) is 35.8 Å². The maximum Gasteiger partial charge on any atom is 0.261 e. The highest BCUT2D eigenvalue weighted by Crippen LogP contribution is 2.36. The van der Waals surface area contributed by atoms with Crippen LogP contribution in [0.4, 0.5) is 5.69 Å². The Morgan fingerprint density at radius 3 is 2.18 bits per heavy atom. The number of benzene rings is 4. The molecule has 8 heteroatoms. The molecule has 0 spiro atoms. The van der Waals surface area contributed by atoms with Gasteiger partial charge in [0, 0.05) is 65.9 Å². The quantitative estimate of drug-likeness (QED) is 0.304. The molecule has 3 amide bonds. The number of aromatic hydroxyl groups is 2. The molecule has 2 aliphatic heterocycles. The van der Waals surface area contributed by atoms with Crippen LogP contribution in [0.25, 0.3) is 10.8 Å². The van der Waals surface area contributed by atoms with Gasteiger partial charge in [0.15, 0.2) is 11.5 Å². The van der Waals surface area contributed by atoms with Crippen LogP contribution in [0.5, 0.6) is 11.5 Å². The Morgan fingerprint density at radius 1 is 0.744 bits per heavy atom. The average Bonchev–Trinajstić information content (AvgIpc) is 2.97. The molecule has 4 aromatic carbocycles. The summed E-state index contributed by atoms with van der Waals surface area (Å²) in [6.07, 6.45) is 0.348. The zero-order valence-corrected chi connectivity index (χ0v) is 21.2. The Labute approximate surface area is 225 Å². The van der Waals surface area contributed by atoms with Crippen LogP contribution in [-0.2, 0) is 6.42 Å². The topological polar surface area (TPSA) is 101 Å². The van der Waals surface area contributed by atoms with Gasteiger partial charge in [-0.25, -0.2) is 0 Å². The molecule has 0 radical (unpaired) electrons. The van der Waals surface area contributed by atoms with Gasteiger partial charge < -0.3 is 20.0 Å². The predicted octanol–water partition coefficient (Wildman–Crippen LogP) is 4.05. The van der Waals surface area contributed by atoms with E-state index in [0.717, 1.165) is 11.1 Å². The molecule has 0 unspecified atom stereocenters. The molecule has 39 heavy (non-hydrogen) atoms. The van der Waals surface area contributed by atoms with Gasteiger partial charge in [0.2, 0.25) is 0 Å². The Balaban J connectivity index is 1.23. The van der Waals surface area contributed by atoms with E-state index in [1.807, 2.05) is 53.4 Å². The molecule has 0 atom stereocenters. The number of nitrogens with zero attached hydrogens (tertiary/aromatic N) is 3. The molecule has 2 heterocycles. The van der Waals surface area contributed by atoms with Crippen molar-refractivity contribution in [1.82, 2.24) is 9.80 Å². The van der Waals surface area contributed by atoms with Crippen LogP contribution in [0.15, 0.2) is 78.9 Å². The second-order valence-corrected chi connectivity index (χ2v) is 9.84. The smallest absolute Gasteiger partial charge is 0.261 e. The lowest BCUT2D eigenvalue weighted by Crippen LogP contribution is -2.49. The maximum atomic E-state index is 13.5. The maximum absolute atomic E-state index is 13.5. The van der Waals surface area contributed by atoms with Crippen LogP contribution >= 0.6 is 0 Å². The molecular formula is C31H27N3O5. The third-order valence-corrected chi connectivity index (χ3v) is 7.56. The summed E-state index contributed by atoms with van der Waals surface area (Å²) in [4.78, 5) is 45.1. The van der Waals surface area contributed by atoms with Crippen LogP contribution < -0.4 is 4.90 Å². The molecule has 0 saturated carbocycles. The van der Waals surface area contributed by atoms with E-state index in [1.54, 1.807) is 18.2 Å². The molecule has 2 aliphatic rings. The summed E-state index contributed by atoms with van der Waals surface area (Å²) in [5.74, 6) is -1.14. The van der Waals surface area contributed by atoms with Gasteiger partial charge in [0.25, 0.3) is 17.7 Å². The molecule has 1 saturated heterocycles. The van der Waals surface area contributed by atoms with Crippen molar-refractivity contribution in [3.05, 3.63) is 101 Å². The standard InChI is InChI=1S/C31H27N3O5/c35-26-12-9-20(19-27(26)36)13-14-34-30(38)23-8-4-7-22-25(11-10-24(28(22)23)31(34)39)32-15-17-33(18-16-32)29(37)21-5-2-1-3-6-21/h1-12,19,35-36H,13-18H2. The van der Waals surface area contributed by atoms with Crippen molar-refractivity contribution < 1.29 is 24.6 Å². The summed E-state index contributed by atoms with van der Waals surface area (Å²) in [6, 6.07) is 23.0. The van der Waals surface area contributed by atoms with Crippen LogP contribution in [0.2, 0.25) is 0 Å². The number of hydrogen-bond donors (Lipinski definition) is 2. The fraction of sp³-hybridized carbons (Fsp3) is 0.194. The van der Waals surface area contributed by atoms with Gasteiger partial charge >= 0.3 is 0 Å². The molecule has 196 valence electrons. The first-order chi connectivity index (χ1) is 18.9. The molecule has 8 nitrogen and oxygen atoms in total. The van der Waals surface area contributed by atoms with E-state index in [2.05, 4.69) is 4.90 Å². The molecule has 1 fully saturated rings. The molecule has 0 bridgehead atoms. The average molecular weight is 522 g/mol. The largest absolute Gasteiger partial charge is 0.504 e.